The van der Waals surface area contributed by atoms with Crippen molar-refractivity contribution in [1.82, 2.24) is 10.2 Å². The Bertz CT molecular complexity index is 370. The molecule has 3 amide bonds. The molecule has 0 aromatic heterocycles. The fourth-order valence-corrected chi connectivity index (χ4v) is 2.18. The summed E-state index contributed by atoms with van der Waals surface area (Å²) >= 11 is 0. The number of ether oxygens (including phenoxy) is 1. The summed E-state index contributed by atoms with van der Waals surface area (Å²) in [6.07, 6.45) is 0.583. The lowest BCUT2D eigenvalue weighted by molar-refractivity contribution is -0.145. The molecule has 2 unspecified atom stereocenters. The maximum atomic E-state index is 12.3. The number of rotatable bonds is 4. The zero-order valence-corrected chi connectivity index (χ0v) is 11.5. The normalized spacial score (nSPS) is 20.2. The van der Waals surface area contributed by atoms with Crippen LogP contribution in [0.5, 0.6) is 0 Å². The van der Waals surface area contributed by atoms with Crippen LogP contribution in [-0.2, 0) is 14.3 Å². The van der Waals surface area contributed by atoms with Gasteiger partial charge in [0, 0.05) is 13.1 Å². The lowest BCUT2D eigenvalue weighted by Gasteiger charge is -2.26. The molecule has 0 bridgehead atoms. The third-order valence-electron chi connectivity index (χ3n) is 3.26. The Labute approximate surface area is 112 Å². The molecular formula is C12H21N3O4. The molecule has 108 valence electrons. The molecule has 1 aliphatic rings. The number of primary amides is 1. The van der Waals surface area contributed by atoms with Gasteiger partial charge in [-0.2, -0.15) is 0 Å². The van der Waals surface area contributed by atoms with Crippen LogP contribution in [-0.4, -0.2) is 49.0 Å². The number of amides is 3. The number of hydrogen-bond acceptors (Lipinski definition) is 4. The van der Waals surface area contributed by atoms with Gasteiger partial charge in [0.25, 0.3) is 0 Å². The molecule has 0 aliphatic carbocycles. The molecule has 0 radical (unpaired) electrons. The minimum Gasteiger partial charge on any atom is -0.469 e. The third-order valence-corrected chi connectivity index (χ3v) is 3.26. The van der Waals surface area contributed by atoms with Crippen molar-refractivity contribution < 1.29 is 19.1 Å². The fourth-order valence-electron chi connectivity index (χ4n) is 2.18. The molecule has 1 aliphatic heterocycles. The number of esters is 1. The second-order valence-corrected chi connectivity index (χ2v) is 5.02. The molecule has 0 aromatic carbocycles. The van der Waals surface area contributed by atoms with Gasteiger partial charge < -0.3 is 20.7 Å². The van der Waals surface area contributed by atoms with Crippen molar-refractivity contribution in [2.75, 3.05) is 20.2 Å². The Kier molecular flexibility index (Phi) is 5.14. The summed E-state index contributed by atoms with van der Waals surface area (Å²) in [5.41, 5.74) is 5.07. The van der Waals surface area contributed by atoms with Crippen LogP contribution in [0.4, 0.5) is 4.79 Å². The maximum Gasteiger partial charge on any atom is 0.312 e. The Balaban J connectivity index is 2.66. The molecule has 1 saturated heterocycles. The molecule has 7 nitrogen and oxygen atoms in total. The van der Waals surface area contributed by atoms with Crippen molar-refractivity contribution in [3.63, 3.8) is 0 Å². The Morgan fingerprint density at radius 3 is 2.47 bits per heavy atom. The molecule has 3 N–H and O–H groups in total. The van der Waals surface area contributed by atoms with Crippen LogP contribution in [0.2, 0.25) is 0 Å². The van der Waals surface area contributed by atoms with Gasteiger partial charge in [-0.1, -0.05) is 13.8 Å². The monoisotopic (exact) mass is 271 g/mol. The summed E-state index contributed by atoms with van der Waals surface area (Å²) in [6.45, 7) is 4.47. The van der Waals surface area contributed by atoms with Gasteiger partial charge in [-0.05, 0) is 12.3 Å². The fraction of sp³-hybridized carbons (Fsp3) is 0.750. The van der Waals surface area contributed by atoms with Crippen molar-refractivity contribution in [1.29, 1.82) is 0 Å². The number of urea groups is 1. The molecule has 0 aromatic rings. The van der Waals surface area contributed by atoms with Crippen LogP contribution in [0.25, 0.3) is 0 Å². The van der Waals surface area contributed by atoms with E-state index in [1.807, 2.05) is 13.8 Å². The average molecular weight is 271 g/mol. The van der Waals surface area contributed by atoms with E-state index < -0.39 is 12.1 Å². The van der Waals surface area contributed by atoms with Crippen molar-refractivity contribution in [3.8, 4) is 0 Å². The van der Waals surface area contributed by atoms with Gasteiger partial charge in [0.15, 0.2) is 0 Å². The zero-order chi connectivity index (χ0) is 14.6. The highest BCUT2D eigenvalue weighted by Crippen LogP contribution is 2.19. The van der Waals surface area contributed by atoms with Gasteiger partial charge in [0.1, 0.15) is 6.04 Å². The van der Waals surface area contributed by atoms with Crippen molar-refractivity contribution in [2.45, 2.75) is 26.3 Å². The minimum atomic E-state index is -0.726. The summed E-state index contributed by atoms with van der Waals surface area (Å²) in [5, 5.41) is 2.45. The lowest BCUT2D eigenvalue weighted by Crippen LogP contribution is -2.52. The van der Waals surface area contributed by atoms with Crippen molar-refractivity contribution >= 4 is 17.9 Å². The smallest absolute Gasteiger partial charge is 0.312 e. The molecular weight excluding hydrogens is 250 g/mol. The van der Waals surface area contributed by atoms with E-state index in [9.17, 15) is 14.4 Å². The molecule has 2 atom stereocenters. The number of hydrogen-bond donors (Lipinski definition) is 2. The van der Waals surface area contributed by atoms with Gasteiger partial charge in [-0.3, -0.25) is 9.59 Å². The van der Waals surface area contributed by atoms with Crippen LogP contribution in [0, 0.1) is 11.8 Å². The molecule has 0 saturated carbocycles. The molecule has 19 heavy (non-hydrogen) atoms. The highest BCUT2D eigenvalue weighted by atomic mass is 16.5. The number of methoxy groups -OCH3 is 1. The third kappa shape index (κ3) is 3.84. The van der Waals surface area contributed by atoms with Gasteiger partial charge in [-0.25, -0.2) is 4.79 Å². The van der Waals surface area contributed by atoms with Crippen LogP contribution in [0.15, 0.2) is 0 Å². The largest absolute Gasteiger partial charge is 0.469 e. The molecule has 7 heteroatoms. The lowest BCUT2D eigenvalue weighted by atomic mass is 10.0. The van der Waals surface area contributed by atoms with Crippen molar-refractivity contribution in [3.05, 3.63) is 0 Å². The van der Waals surface area contributed by atoms with Crippen molar-refractivity contribution in [2.24, 2.45) is 17.6 Å². The van der Waals surface area contributed by atoms with Crippen LogP contribution >= 0.6 is 0 Å². The number of nitrogens with zero attached hydrogens (tertiary/aromatic N) is 1. The number of carbonyl (C=O) groups excluding carboxylic acids is 3. The Hall–Kier alpha value is -1.79. The molecule has 1 heterocycles. The highest BCUT2D eigenvalue weighted by molar-refractivity contribution is 5.87. The molecule has 1 fully saturated rings. The summed E-state index contributed by atoms with van der Waals surface area (Å²) in [5.74, 6) is -0.869. The van der Waals surface area contributed by atoms with Gasteiger partial charge >= 0.3 is 12.0 Å². The van der Waals surface area contributed by atoms with E-state index in [2.05, 4.69) is 10.1 Å². The van der Waals surface area contributed by atoms with E-state index in [4.69, 9.17) is 5.73 Å². The van der Waals surface area contributed by atoms with E-state index in [0.29, 0.717) is 19.5 Å². The summed E-state index contributed by atoms with van der Waals surface area (Å²) in [4.78, 5) is 36.2. The van der Waals surface area contributed by atoms with E-state index in [1.54, 1.807) is 4.90 Å². The second-order valence-electron chi connectivity index (χ2n) is 5.02. The first-order valence-corrected chi connectivity index (χ1v) is 6.29. The first-order valence-electron chi connectivity index (χ1n) is 6.29. The number of carbonyl (C=O) groups is 3. The Morgan fingerprint density at radius 1 is 1.37 bits per heavy atom. The van der Waals surface area contributed by atoms with Crippen LogP contribution in [0.1, 0.15) is 20.3 Å². The summed E-state index contributed by atoms with van der Waals surface area (Å²) in [7, 11) is 1.33. The first-order chi connectivity index (χ1) is 8.86. The second kappa shape index (κ2) is 6.40. The predicted octanol–water partition coefficient (Wildman–Crippen LogP) is -0.299. The number of likely N-dealkylation sites (tertiary alicyclic amines) is 1. The number of nitrogens with two attached hydrogens (primary N) is 1. The quantitative estimate of drug-likeness (QED) is 0.685. The minimum absolute atomic E-state index is 0.0721. The SMILES string of the molecule is COC(=O)C1CCN(C(=O)C(NC(N)=O)C(C)C)C1. The molecule has 1 rings (SSSR count). The van der Waals surface area contributed by atoms with Crippen LogP contribution < -0.4 is 11.1 Å². The standard InChI is InChI=1S/C12H21N3O4/c1-7(2)9(14-12(13)18)10(16)15-5-4-8(6-15)11(17)19-3/h7-9H,4-6H2,1-3H3,(H3,13,14,18). The van der Waals surface area contributed by atoms with E-state index in [-0.39, 0.29) is 23.7 Å². The van der Waals surface area contributed by atoms with Gasteiger partial charge in [-0.15, -0.1) is 0 Å². The van der Waals surface area contributed by atoms with Gasteiger partial charge in [0.2, 0.25) is 5.91 Å². The average Bonchev–Trinajstić information content (AvgIpc) is 2.83. The first kappa shape index (κ1) is 15.3. The van der Waals surface area contributed by atoms with Gasteiger partial charge in [0.05, 0.1) is 13.0 Å². The summed E-state index contributed by atoms with van der Waals surface area (Å²) < 4.78 is 4.67. The Morgan fingerprint density at radius 2 is 2.00 bits per heavy atom. The maximum absolute atomic E-state index is 12.3. The predicted molar refractivity (Wildman–Crippen MR) is 68.0 cm³/mol. The highest BCUT2D eigenvalue weighted by Gasteiger charge is 2.35. The van der Waals surface area contributed by atoms with E-state index in [1.165, 1.54) is 7.11 Å². The number of nitrogens with one attached hydrogen (secondary N) is 1. The van der Waals surface area contributed by atoms with E-state index in [0.717, 1.165) is 0 Å². The molecule has 0 spiro atoms. The zero-order valence-electron chi connectivity index (χ0n) is 11.5. The summed E-state index contributed by atoms with van der Waals surface area (Å²) in [6, 6.07) is -1.38. The van der Waals surface area contributed by atoms with E-state index >= 15 is 0 Å². The van der Waals surface area contributed by atoms with Crippen LogP contribution in [0.3, 0.4) is 0 Å². The topological polar surface area (TPSA) is 102 Å².